The molecule has 3 atom stereocenters. The highest BCUT2D eigenvalue weighted by atomic mass is 16.5. The fourth-order valence-corrected chi connectivity index (χ4v) is 5.05. The highest BCUT2D eigenvalue weighted by Crippen LogP contribution is 2.43. The fourth-order valence-electron chi connectivity index (χ4n) is 5.05. The highest BCUT2D eigenvalue weighted by molar-refractivity contribution is 5.73. The normalized spacial score (nSPS) is 20.0. The van der Waals surface area contributed by atoms with Crippen LogP contribution in [0.25, 0.3) is 0 Å². The first kappa shape index (κ1) is 23.3. The van der Waals surface area contributed by atoms with Crippen molar-refractivity contribution in [1.29, 1.82) is 0 Å². The zero-order chi connectivity index (χ0) is 22.4. The van der Waals surface area contributed by atoms with Crippen molar-refractivity contribution in [2.24, 2.45) is 5.92 Å². The average Bonchev–Trinajstić information content (AvgIpc) is 2.76. The number of ether oxygens (including phenoxy) is 2. The second-order valence-electron chi connectivity index (χ2n) is 9.30. The number of benzene rings is 2. The number of hydrogen-bond acceptors (Lipinski definition) is 3. The molecule has 1 heterocycles. The Morgan fingerprint density at radius 2 is 1.84 bits per heavy atom. The van der Waals surface area contributed by atoms with Gasteiger partial charge in [0.15, 0.2) is 0 Å². The number of amides is 1. The van der Waals surface area contributed by atoms with Crippen LogP contribution in [0.1, 0.15) is 70.0 Å². The van der Waals surface area contributed by atoms with E-state index >= 15 is 0 Å². The maximum absolute atomic E-state index is 12.6. The molecule has 0 aromatic heterocycles. The van der Waals surface area contributed by atoms with Crippen molar-refractivity contribution in [3.05, 3.63) is 65.7 Å². The first-order valence-corrected chi connectivity index (χ1v) is 11.4. The quantitative estimate of drug-likeness (QED) is 0.524. The molecule has 4 nitrogen and oxygen atoms in total. The van der Waals surface area contributed by atoms with Crippen LogP contribution < -0.4 is 4.74 Å². The van der Waals surface area contributed by atoms with Gasteiger partial charge in [-0.1, -0.05) is 48.5 Å². The van der Waals surface area contributed by atoms with Crippen molar-refractivity contribution in [3.63, 3.8) is 0 Å². The molecule has 0 radical (unpaired) electrons. The van der Waals surface area contributed by atoms with Gasteiger partial charge in [-0.2, -0.15) is 0 Å². The summed E-state index contributed by atoms with van der Waals surface area (Å²) in [4.78, 5) is 14.6. The second kappa shape index (κ2) is 10.3. The lowest BCUT2D eigenvalue weighted by atomic mass is 9.74. The van der Waals surface area contributed by atoms with Gasteiger partial charge in [-0.25, -0.2) is 0 Å². The van der Waals surface area contributed by atoms with Crippen molar-refractivity contribution in [2.75, 3.05) is 20.3 Å². The molecule has 3 rings (SSSR count). The van der Waals surface area contributed by atoms with Crippen molar-refractivity contribution in [1.82, 2.24) is 4.90 Å². The fraction of sp³-hybridized carbons (Fsp3) is 0.519. The molecule has 2 aromatic rings. The molecule has 4 heteroatoms. The topological polar surface area (TPSA) is 38.8 Å². The van der Waals surface area contributed by atoms with Gasteiger partial charge < -0.3 is 14.4 Å². The van der Waals surface area contributed by atoms with Crippen LogP contribution in [0.5, 0.6) is 5.75 Å². The lowest BCUT2D eigenvalue weighted by molar-refractivity contribution is -0.131. The van der Waals surface area contributed by atoms with E-state index in [0.29, 0.717) is 18.4 Å². The number of methoxy groups -OCH3 is 1. The minimum atomic E-state index is -0.124. The maximum Gasteiger partial charge on any atom is 0.219 e. The molecule has 0 spiro atoms. The summed E-state index contributed by atoms with van der Waals surface area (Å²) >= 11 is 0. The molecule has 1 saturated heterocycles. The third-order valence-electron chi connectivity index (χ3n) is 6.68. The van der Waals surface area contributed by atoms with Gasteiger partial charge in [0.1, 0.15) is 5.75 Å². The van der Waals surface area contributed by atoms with Crippen molar-refractivity contribution >= 4 is 5.91 Å². The highest BCUT2D eigenvalue weighted by Gasteiger charge is 2.35. The number of rotatable bonds is 8. The summed E-state index contributed by atoms with van der Waals surface area (Å²) in [6.45, 7) is 9.64. The van der Waals surface area contributed by atoms with Crippen molar-refractivity contribution in [2.45, 2.75) is 64.5 Å². The molecule has 1 amide bonds. The number of hydrogen-bond donors (Lipinski definition) is 0. The van der Waals surface area contributed by atoms with Gasteiger partial charge in [0.25, 0.3) is 0 Å². The summed E-state index contributed by atoms with van der Waals surface area (Å²) in [6.07, 6.45) is 2.93. The van der Waals surface area contributed by atoms with Crippen LogP contribution in [-0.4, -0.2) is 36.7 Å². The summed E-state index contributed by atoms with van der Waals surface area (Å²) < 4.78 is 11.7. The Bertz CT molecular complexity index is 849. The standard InChI is InChI=1S/C27H37NO3/c1-20(22-11-7-6-8-12-22)28(21(2)29)17-15-24(23-16-18-31-27(3,4)19-23)25-13-9-10-14-26(25)30-5/h6-14,20,23-24H,15-19H2,1-5H3/t20-,23+,24-/m0/s1. The van der Waals surface area contributed by atoms with Crippen molar-refractivity contribution in [3.8, 4) is 5.75 Å². The summed E-state index contributed by atoms with van der Waals surface area (Å²) in [5.41, 5.74) is 2.28. The molecule has 1 fully saturated rings. The Kier molecular flexibility index (Phi) is 7.77. The van der Waals surface area contributed by atoms with E-state index in [1.807, 2.05) is 35.2 Å². The van der Waals surface area contributed by atoms with Crippen LogP contribution in [0.2, 0.25) is 0 Å². The Morgan fingerprint density at radius 3 is 2.48 bits per heavy atom. The molecule has 0 unspecified atom stereocenters. The number of para-hydroxylation sites is 1. The molecule has 0 N–H and O–H groups in total. The lowest BCUT2D eigenvalue weighted by Crippen LogP contribution is -2.38. The van der Waals surface area contributed by atoms with Crippen LogP contribution in [-0.2, 0) is 9.53 Å². The lowest BCUT2D eigenvalue weighted by Gasteiger charge is -2.40. The van der Waals surface area contributed by atoms with E-state index in [1.54, 1.807) is 14.0 Å². The van der Waals surface area contributed by atoms with E-state index in [2.05, 4.69) is 45.0 Å². The second-order valence-corrected chi connectivity index (χ2v) is 9.30. The maximum atomic E-state index is 12.6. The average molecular weight is 424 g/mol. The summed E-state index contributed by atoms with van der Waals surface area (Å²) in [5.74, 6) is 1.84. The zero-order valence-electron chi connectivity index (χ0n) is 19.6. The Morgan fingerprint density at radius 1 is 1.16 bits per heavy atom. The Hall–Kier alpha value is -2.33. The van der Waals surface area contributed by atoms with Gasteiger partial charge >= 0.3 is 0 Å². The largest absolute Gasteiger partial charge is 0.496 e. The molecular weight excluding hydrogens is 386 g/mol. The van der Waals surface area contributed by atoms with Crippen LogP contribution in [0.15, 0.2) is 54.6 Å². The zero-order valence-corrected chi connectivity index (χ0v) is 19.6. The molecule has 2 aromatic carbocycles. The van der Waals surface area contributed by atoms with E-state index in [0.717, 1.165) is 31.6 Å². The molecular formula is C27H37NO3. The van der Waals surface area contributed by atoms with E-state index in [4.69, 9.17) is 9.47 Å². The van der Waals surface area contributed by atoms with Gasteiger partial charge in [0.05, 0.1) is 18.8 Å². The molecule has 0 aliphatic carbocycles. The number of carbonyl (C=O) groups excluding carboxylic acids is 1. The predicted octanol–water partition coefficient (Wildman–Crippen LogP) is 5.98. The van der Waals surface area contributed by atoms with Crippen LogP contribution in [0, 0.1) is 5.92 Å². The monoisotopic (exact) mass is 423 g/mol. The third kappa shape index (κ3) is 5.88. The summed E-state index contributed by atoms with van der Waals surface area (Å²) in [6, 6.07) is 18.7. The summed E-state index contributed by atoms with van der Waals surface area (Å²) in [7, 11) is 1.74. The number of carbonyl (C=O) groups is 1. The molecule has 31 heavy (non-hydrogen) atoms. The van der Waals surface area contributed by atoms with Gasteiger partial charge in [-0.3, -0.25) is 4.79 Å². The molecule has 168 valence electrons. The molecule has 0 bridgehead atoms. The van der Waals surface area contributed by atoms with Crippen LogP contribution >= 0.6 is 0 Å². The first-order chi connectivity index (χ1) is 14.8. The summed E-state index contributed by atoms with van der Waals surface area (Å²) in [5, 5.41) is 0. The van der Waals surface area contributed by atoms with Crippen molar-refractivity contribution < 1.29 is 14.3 Å². The minimum absolute atomic E-state index is 0.0446. The Labute approximate surface area is 187 Å². The van der Waals surface area contributed by atoms with Crippen LogP contribution in [0.3, 0.4) is 0 Å². The molecule has 1 aliphatic heterocycles. The number of nitrogens with zero attached hydrogens (tertiary/aromatic N) is 1. The van der Waals surface area contributed by atoms with Gasteiger partial charge in [-0.05, 0) is 69.1 Å². The van der Waals surface area contributed by atoms with E-state index in [9.17, 15) is 4.79 Å². The first-order valence-electron chi connectivity index (χ1n) is 11.4. The van der Waals surface area contributed by atoms with E-state index < -0.39 is 0 Å². The molecule has 1 aliphatic rings. The van der Waals surface area contributed by atoms with Crippen LogP contribution in [0.4, 0.5) is 0 Å². The van der Waals surface area contributed by atoms with Gasteiger partial charge in [0, 0.05) is 20.1 Å². The smallest absolute Gasteiger partial charge is 0.219 e. The van der Waals surface area contributed by atoms with Gasteiger partial charge in [0.2, 0.25) is 5.91 Å². The SMILES string of the molecule is COc1ccccc1[C@@H](CCN(C(C)=O)[C@@H](C)c1ccccc1)[C@@H]1CCOC(C)(C)C1. The van der Waals surface area contributed by atoms with E-state index in [-0.39, 0.29) is 17.6 Å². The Balaban J connectivity index is 1.86. The minimum Gasteiger partial charge on any atom is -0.496 e. The van der Waals surface area contributed by atoms with Gasteiger partial charge in [-0.15, -0.1) is 0 Å². The third-order valence-corrected chi connectivity index (χ3v) is 6.68. The predicted molar refractivity (Wildman–Crippen MR) is 125 cm³/mol. The van der Waals surface area contributed by atoms with E-state index in [1.165, 1.54) is 11.1 Å². The molecule has 0 saturated carbocycles.